The summed E-state index contributed by atoms with van der Waals surface area (Å²) < 4.78 is 59.8. The van der Waals surface area contributed by atoms with Crippen molar-refractivity contribution in [1.82, 2.24) is 15.8 Å². The standard InChI is InChI=1S/C29H32F4N4O4/c1-18(17-34-22-10-12-23(13-11-22)40-29(31,32)33)35-27(38)25(14-19-6-3-2-4-7-19)36-28(39)26-16-24(37-41-26)20-8-5-9-21(30)15-20/h5,8-13,15-16,18-19,25,34H,2-4,6-7,14,17H2,1H3,(H,35,38)(H,36,39)/t18-,25-/m0/s1. The molecule has 3 N–H and O–H groups in total. The van der Waals surface area contributed by atoms with Crippen LogP contribution >= 0.6 is 0 Å². The number of halogens is 4. The van der Waals surface area contributed by atoms with Crippen molar-refractivity contribution >= 4 is 17.5 Å². The minimum Gasteiger partial charge on any atom is -0.406 e. The summed E-state index contributed by atoms with van der Waals surface area (Å²) in [4.78, 5) is 26.3. The van der Waals surface area contributed by atoms with E-state index in [0.29, 0.717) is 23.4 Å². The van der Waals surface area contributed by atoms with Crippen LogP contribution < -0.4 is 20.7 Å². The number of nitrogens with one attached hydrogen (secondary N) is 3. The summed E-state index contributed by atoms with van der Waals surface area (Å²) in [5, 5.41) is 12.6. The van der Waals surface area contributed by atoms with Crippen LogP contribution in [0.1, 0.15) is 56.0 Å². The van der Waals surface area contributed by atoms with Crippen molar-refractivity contribution in [2.75, 3.05) is 11.9 Å². The van der Waals surface area contributed by atoms with Gasteiger partial charge in [-0.2, -0.15) is 0 Å². The highest BCUT2D eigenvalue weighted by Crippen LogP contribution is 2.28. The first-order chi connectivity index (χ1) is 19.6. The molecule has 3 aromatic rings. The number of hydrogen-bond donors (Lipinski definition) is 3. The molecule has 220 valence electrons. The first-order valence-electron chi connectivity index (χ1n) is 13.5. The average Bonchev–Trinajstić information content (AvgIpc) is 3.43. The summed E-state index contributed by atoms with van der Waals surface area (Å²) in [5.41, 5.74) is 1.29. The monoisotopic (exact) mass is 576 g/mol. The van der Waals surface area contributed by atoms with Crippen molar-refractivity contribution in [3.05, 3.63) is 66.2 Å². The van der Waals surface area contributed by atoms with Crippen molar-refractivity contribution < 1.29 is 36.4 Å². The molecule has 12 heteroatoms. The Kier molecular flexibility index (Phi) is 9.85. The van der Waals surface area contributed by atoms with E-state index in [-0.39, 0.29) is 35.9 Å². The molecule has 2 amide bonds. The van der Waals surface area contributed by atoms with Gasteiger partial charge in [-0.15, -0.1) is 13.2 Å². The zero-order valence-corrected chi connectivity index (χ0v) is 22.5. The molecule has 0 spiro atoms. The van der Waals surface area contributed by atoms with Gasteiger partial charge in [0.1, 0.15) is 23.3 Å². The number of carbonyl (C=O) groups is 2. The lowest BCUT2D eigenvalue weighted by molar-refractivity contribution is -0.274. The van der Waals surface area contributed by atoms with E-state index in [1.54, 1.807) is 13.0 Å². The number of nitrogens with zero attached hydrogens (tertiary/aromatic N) is 1. The molecule has 41 heavy (non-hydrogen) atoms. The smallest absolute Gasteiger partial charge is 0.406 e. The molecule has 1 aliphatic carbocycles. The van der Waals surface area contributed by atoms with Crippen LogP contribution in [0.4, 0.5) is 23.2 Å². The predicted octanol–water partition coefficient (Wildman–Crippen LogP) is 6.06. The van der Waals surface area contributed by atoms with Crippen LogP contribution in [0.3, 0.4) is 0 Å². The Labute approximate surface area is 234 Å². The number of aromatic nitrogens is 1. The van der Waals surface area contributed by atoms with E-state index in [0.717, 1.165) is 32.1 Å². The molecule has 0 unspecified atom stereocenters. The topological polar surface area (TPSA) is 105 Å². The molecule has 1 aromatic heterocycles. The summed E-state index contributed by atoms with van der Waals surface area (Å²) in [6.45, 7) is 2.06. The second-order valence-corrected chi connectivity index (χ2v) is 10.2. The molecule has 1 fully saturated rings. The van der Waals surface area contributed by atoms with Crippen molar-refractivity contribution in [1.29, 1.82) is 0 Å². The lowest BCUT2D eigenvalue weighted by Gasteiger charge is -2.27. The van der Waals surface area contributed by atoms with Crippen LogP contribution in [0.2, 0.25) is 0 Å². The highest BCUT2D eigenvalue weighted by atomic mass is 19.4. The van der Waals surface area contributed by atoms with Gasteiger partial charge >= 0.3 is 6.36 Å². The van der Waals surface area contributed by atoms with Crippen LogP contribution in [0.15, 0.2) is 59.1 Å². The maximum Gasteiger partial charge on any atom is 0.573 e. The van der Waals surface area contributed by atoms with Gasteiger partial charge < -0.3 is 25.2 Å². The number of hydrogen-bond acceptors (Lipinski definition) is 6. The second kappa shape index (κ2) is 13.5. The Morgan fingerprint density at radius 1 is 1.05 bits per heavy atom. The number of benzene rings is 2. The Bertz CT molecular complexity index is 1310. The van der Waals surface area contributed by atoms with Crippen molar-refractivity contribution in [2.24, 2.45) is 5.92 Å². The Morgan fingerprint density at radius 2 is 1.78 bits per heavy atom. The Morgan fingerprint density at radius 3 is 2.46 bits per heavy atom. The second-order valence-electron chi connectivity index (χ2n) is 10.2. The van der Waals surface area contributed by atoms with Crippen molar-refractivity contribution in [3.8, 4) is 17.0 Å². The van der Waals surface area contributed by atoms with Gasteiger partial charge in [0.25, 0.3) is 5.91 Å². The molecule has 1 saturated carbocycles. The van der Waals surface area contributed by atoms with E-state index >= 15 is 0 Å². The summed E-state index contributed by atoms with van der Waals surface area (Å²) in [6.07, 6.45) is 0.913. The zero-order chi connectivity index (χ0) is 29.4. The first kappa shape index (κ1) is 29.9. The number of ether oxygens (including phenoxy) is 1. The lowest BCUT2D eigenvalue weighted by atomic mass is 9.84. The molecule has 4 rings (SSSR count). The van der Waals surface area contributed by atoms with Crippen molar-refractivity contribution in [2.45, 2.75) is 63.9 Å². The number of amides is 2. The summed E-state index contributed by atoms with van der Waals surface area (Å²) >= 11 is 0. The molecule has 1 aliphatic rings. The largest absolute Gasteiger partial charge is 0.573 e. The third-order valence-corrected chi connectivity index (χ3v) is 6.86. The van der Waals surface area contributed by atoms with E-state index in [1.807, 2.05) is 0 Å². The Balaban J connectivity index is 1.36. The van der Waals surface area contributed by atoms with Crippen LogP contribution in [-0.2, 0) is 4.79 Å². The molecule has 0 radical (unpaired) electrons. The zero-order valence-electron chi connectivity index (χ0n) is 22.5. The van der Waals surface area contributed by atoms with Crippen LogP contribution in [0.5, 0.6) is 5.75 Å². The van der Waals surface area contributed by atoms with Crippen molar-refractivity contribution in [3.63, 3.8) is 0 Å². The van der Waals surface area contributed by atoms with Gasteiger partial charge in [0.2, 0.25) is 11.7 Å². The molecule has 1 heterocycles. The predicted molar refractivity (Wildman–Crippen MR) is 144 cm³/mol. The molecular weight excluding hydrogens is 544 g/mol. The fraction of sp³-hybridized carbons (Fsp3) is 0.414. The van der Waals surface area contributed by atoms with E-state index in [2.05, 4.69) is 25.8 Å². The van der Waals surface area contributed by atoms with Gasteiger partial charge in [-0.25, -0.2) is 4.39 Å². The fourth-order valence-electron chi connectivity index (χ4n) is 4.82. The fourth-order valence-corrected chi connectivity index (χ4v) is 4.82. The van der Waals surface area contributed by atoms with Gasteiger partial charge in [-0.3, -0.25) is 9.59 Å². The van der Waals surface area contributed by atoms with E-state index in [1.165, 1.54) is 48.5 Å². The highest BCUT2D eigenvalue weighted by molar-refractivity contribution is 5.96. The third kappa shape index (κ3) is 9.22. The number of rotatable bonds is 11. The van der Waals surface area contributed by atoms with Crippen LogP contribution in [0.25, 0.3) is 11.3 Å². The molecular formula is C29H32F4N4O4. The van der Waals surface area contributed by atoms with E-state index in [9.17, 15) is 27.2 Å². The van der Waals surface area contributed by atoms with Gasteiger partial charge in [-0.05, 0) is 55.7 Å². The van der Waals surface area contributed by atoms with Gasteiger partial charge in [-0.1, -0.05) is 49.4 Å². The molecule has 2 atom stereocenters. The lowest BCUT2D eigenvalue weighted by Crippen LogP contribution is -2.51. The maximum absolute atomic E-state index is 13.6. The number of carbonyl (C=O) groups excluding carboxylic acids is 2. The third-order valence-electron chi connectivity index (χ3n) is 6.86. The first-order valence-corrected chi connectivity index (χ1v) is 13.5. The highest BCUT2D eigenvalue weighted by Gasteiger charge is 2.31. The van der Waals surface area contributed by atoms with E-state index < -0.39 is 24.1 Å². The van der Waals surface area contributed by atoms with E-state index in [4.69, 9.17) is 4.52 Å². The molecule has 0 saturated heterocycles. The summed E-state index contributed by atoms with van der Waals surface area (Å²) in [7, 11) is 0. The minimum atomic E-state index is -4.77. The SMILES string of the molecule is C[C@@H](CNc1ccc(OC(F)(F)F)cc1)NC(=O)[C@H](CC1CCCCC1)NC(=O)c1cc(-c2cccc(F)c2)no1. The molecule has 2 aromatic carbocycles. The Hall–Kier alpha value is -4.09. The quantitative estimate of drug-likeness (QED) is 0.240. The van der Waals surface area contributed by atoms with Crippen LogP contribution in [-0.4, -0.2) is 42.0 Å². The molecule has 0 bridgehead atoms. The van der Waals surface area contributed by atoms with Gasteiger partial charge in [0, 0.05) is 29.9 Å². The normalized spacial score (nSPS) is 15.5. The molecule has 8 nitrogen and oxygen atoms in total. The van der Waals surface area contributed by atoms with Gasteiger partial charge in [0.05, 0.1) is 0 Å². The maximum atomic E-state index is 13.6. The number of alkyl halides is 3. The average molecular weight is 577 g/mol. The van der Waals surface area contributed by atoms with Crippen LogP contribution in [0, 0.1) is 11.7 Å². The molecule has 0 aliphatic heterocycles. The summed E-state index contributed by atoms with van der Waals surface area (Å²) in [6, 6.07) is 11.2. The minimum absolute atomic E-state index is 0.0987. The van der Waals surface area contributed by atoms with Gasteiger partial charge in [0.15, 0.2) is 0 Å². The summed E-state index contributed by atoms with van der Waals surface area (Å²) in [5.74, 6) is -1.57. The number of anilines is 1.